The van der Waals surface area contributed by atoms with Crippen molar-refractivity contribution in [1.82, 2.24) is 9.97 Å². The van der Waals surface area contributed by atoms with E-state index in [1.54, 1.807) is 0 Å². The van der Waals surface area contributed by atoms with Crippen LogP contribution in [0, 0.1) is 0 Å². The zero-order chi connectivity index (χ0) is 15.8. The summed E-state index contributed by atoms with van der Waals surface area (Å²) >= 11 is 0. The number of nitrogens with two attached hydrogens (primary N) is 1. The molecule has 1 amide bonds. The molecule has 0 radical (unpaired) electrons. The molecule has 1 aromatic heterocycles. The van der Waals surface area contributed by atoms with Crippen molar-refractivity contribution >= 4 is 29.4 Å². The van der Waals surface area contributed by atoms with E-state index in [0.29, 0.717) is 23.4 Å². The Morgan fingerprint density at radius 1 is 1.30 bits per heavy atom. The van der Waals surface area contributed by atoms with Gasteiger partial charge in [-0.05, 0) is 42.5 Å². The quantitative estimate of drug-likeness (QED) is 0.789. The summed E-state index contributed by atoms with van der Waals surface area (Å²) in [6, 6.07) is 6.54. The number of rotatable bonds is 5. The largest absolute Gasteiger partial charge is 0.367 e. The lowest BCUT2D eigenvalue weighted by atomic mass is 10.1. The molecule has 1 heterocycles. The summed E-state index contributed by atoms with van der Waals surface area (Å²) in [5.41, 5.74) is 9.15. The molecule has 0 atom stereocenters. The molecule has 1 saturated carbocycles. The first kappa shape index (κ1) is 13.8. The number of amides is 1. The van der Waals surface area contributed by atoms with E-state index in [2.05, 4.69) is 44.9 Å². The Balaban J connectivity index is 1.61. The first-order valence-electron chi connectivity index (χ1n) is 7.69. The van der Waals surface area contributed by atoms with E-state index in [-0.39, 0.29) is 0 Å². The van der Waals surface area contributed by atoms with E-state index in [1.807, 2.05) is 6.07 Å². The van der Waals surface area contributed by atoms with Gasteiger partial charge in [0.1, 0.15) is 5.82 Å². The molecule has 4 rings (SSSR count). The van der Waals surface area contributed by atoms with Crippen molar-refractivity contribution in [3.05, 3.63) is 47.2 Å². The first-order chi connectivity index (χ1) is 11.2. The summed E-state index contributed by atoms with van der Waals surface area (Å²) < 4.78 is 0. The fourth-order valence-electron chi connectivity index (χ4n) is 2.61. The summed E-state index contributed by atoms with van der Waals surface area (Å²) in [5, 5.41) is 6.42. The van der Waals surface area contributed by atoms with Crippen LogP contribution in [0.1, 0.15) is 34.3 Å². The number of allylic oxidation sites excluding steroid dienone is 1. The predicted molar refractivity (Wildman–Crippen MR) is 89.7 cm³/mol. The van der Waals surface area contributed by atoms with Crippen LogP contribution in [0.2, 0.25) is 0 Å². The van der Waals surface area contributed by atoms with Gasteiger partial charge in [0.15, 0.2) is 0 Å². The van der Waals surface area contributed by atoms with Gasteiger partial charge < -0.3 is 16.4 Å². The van der Waals surface area contributed by atoms with Gasteiger partial charge in [-0.15, -0.1) is 0 Å². The molecule has 6 nitrogen and oxygen atoms in total. The molecule has 1 aromatic carbocycles. The van der Waals surface area contributed by atoms with Crippen molar-refractivity contribution in [3.63, 3.8) is 0 Å². The molecule has 0 spiro atoms. The average Bonchev–Trinajstić information content (AvgIpc) is 3.22. The SMILES string of the molecule is NC(=O)c1cnc(Nc2ccc3c(c2)C=CC3)nc1NC1CC1. The van der Waals surface area contributed by atoms with Gasteiger partial charge in [0.2, 0.25) is 5.95 Å². The molecule has 0 aliphatic heterocycles. The Hall–Kier alpha value is -2.89. The Bertz CT molecular complexity index is 811. The molecule has 2 aromatic rings. The molecule has 4 N–H and O–H groups in total. The van der Waals surface area contributed by atoms with Crippen LogP contribution in [0.25, 0.3) is 6.08 Å². The van der Waals surface area contributed by atoms with Crippen LogP contribution >= 0.6 is 0 Å². The van der Waals surface area contributed by atoms with E-state index < -0.39 is 5.91 Å². The fraction of sp³-hybridized carbons (Fsp3) is 0.235. The van der Waals surface area contributed by atoms with Gasteiger partial charge in [-0.1, -0.05) is 18.2 Å². The van der Waals surface area contributed by atoms with E-state index >= 15 is 0 Å². The third-order valence-corrected chi connectivity index (χ3v) is 4.01. The minimum atomic E-state index is -0.526. The van der Waals surface area contributed by atoms with Gasteiger partial charge in [-0.3, -0.25) is 4.79 Å². The lowest BCUT2D eigenvalue weighted by Gasteiger charge is -2.11. The normalized spacial score (nSPS) is 15.3. The van der Waals surface area contributed by atoms with Crippen LogP contribution in [-0.4, -0.2) is 21.9 Å². The van der Waals surface area contributed by atoms with Crippen molar-refractivity contribution in [1.29, 1.82) is 0 Å². The maximum atomic E-state index is 11.5. The molecule has 23 heavy (non-hydrogen) atoms. The van der Waals surface area contributed by atoms with Crippen LogP contribution in [0.3, 0.4) is 0 Å². The Labute approximate surface area is 133 Å². The topological polar surface area (TPSA) is 92.9 Å². The highest BCUT2D eigenvalue weighted by Gasteiger charge is 2.24. The highest BCUT2D eigenvalue weighted by atomic mass is 16.1. The number of carbonyl (C=O) groups is 1. The number of nitrogens with one attached hydrogen (secondary N) is 2. The number of nitrogens with zero attached hydrogens (tertiary/aromatic N) is 2. The van der Waals surface area contributed by atoms with E-state index in [0.717, 1.165) is 24.9 Å². The maximum Gasteiger partial charge on any atom is 0.254 e. The minimum absolute atomic E-state index is 0.319. The lowest BCUT2D eigenvalue weighted by Crippen LogP contribution is -2.17. The van der Waals surface area contributed by atoms with Gasteiger partial charge >= 0.3 is 0 Å². The molecule has 1 fully saturated rings. The zero-order valence-electron chi connectivity index (χ0n) is 12.5. The van der Waals surface area contributed by atoms with Gasteiger partial charge in [0.05, 0.1) is 5.56 Å². The molecule has 2 aliphatic rings. The van der Waals surface area contributed by atoms with E-state index in [4.69, 9.17) is 5.73 Å². The Morgan fingerprint density at radius 2 is 2.17 bits per heavy atom. The number of fused-ring (bicyclic) bond motifs is 1. The molecule has 6 heteroatoms. The van der Waals surface area contributed by atoms with Crippen molar-refractivity contribution in [3.8, 4) is 0 Å². The lowest BCUT2D eigenvalue weighted by molar-refractivity contribution is 0.100. The molecule has 0 bridgehead atoms. The van der Waals surface area contributed by atoms with Crippen LogP contribution < -0.4 is 16.4 Å². The average molecular weight is 307 g/mol. The first-order valence-corrected chi connectivity index (χ1v) is 7.69. The zero-order valence-corrected chi connectivity index (χ0v) is 12.5. The number of anilines is 3. The molecule has 2 aliphatic carbocycles. The Kier molecular flexibility index (Phi) is 3.22. The van der Waals surface area contributed by atoms with Crippen LogP contribution in [0.5, 0.6) is 0 Å². The van der Waals surface area contributed by atoms with Gasteiger partial charge in [-0.2, -0.15) is 4.98 Å². The molecule has 0 saturated heterocycles. The Morgan fingerprint density at radius 3 is 2.96 bits per heavy atom. The van der Waals surface area contributed by atoms with E-state index in [9.17, 15) is 4.79 Å². The van der Waals surface area contributed by atoms with Crippen molar-refractivity contribution < 1.29 is 4.79 Å². The van der Waals surface area contributed by atoms with Crippen molar-refractivity contribution in [2.45, 2.75) is 25.3 Å². The van der Waals surface area contributed by atoms with Crippen molar-refractivity contribution in [2.24, 2.45) is 5.73 Å². The van der Waals surface area contributed by atoms with Gasteiger partial charge in [-0.25, -0.2) is 4.98 Å². The summed E-state index contributed by atoms with van der Waals surface area (Å²) in [6.07, 6.45) is 8.87. The second kappa shape index (κ2) is 5.39. The number of primary amides is 1. The van der Waals surface area contributed by atoms with Crippen LogP contribution in [0.4, 0.5) is 17.5 Å². The van der Waals surface area contributed by atoms with E-state index in [1.165, 1.54) is 17.3 Å². The summed E-state index contributed by atoms with van der Waals surface area (Å²) in [5.74, 6) is 0.418. The smallest absolute Gasteiger partial charge is 0.254 e. The van der Waals surface area contributed by atoms with Crippen LogP contribution in [0.15, 0.2) is 30.5 Å². The monoisotopic (exact) mass is 307 g/mol. The summed E-state index contributed by atoms with van der Waals surface area (Å²) in [6.45, 7) is 0. The highest BCUT2D eigenvalue weighted by molar-refractivity contribution is 5.97. The highest BCUT2D eigenvalue weighted by Crippen LogP contribution is 2.27. The van der Waals surface area contributed by atoms with Gasteiger partial charge in [0, 0.05) is 17.9 Å². The molecular weight excluding hydrogens is 290 g/mol. The maximum absolute atomic E-state index is 11.5. The molecular formula is C17H17N5O. The van der Waals surface area contributed by atoms with Crippen molar-refractivity contribution in [2.75, 3.05) is 10.6 Å². The third kappa shape index (κ3) is 2.88. The predicted octanol–water partition coefficient (Wildman–Crippen LogP) is 2.46. The van der Waals surface area contributed by atoms with Crippen LogP contribution in [-0.2, 0) is 6.42 Å². The second-order valence-corrected chi connectivity index (χ2v) is 5.88. The minimum Gasteiger partial charge on any atom is -0.367 e. The number of aromatic nitrogens is 2. The summed E-state index contributed by atoms with van der Waals surface area (Å²) in [7, 11) is 0. The number of benzene rings is 1. The van der Waals surface area contributed by atoms with Gasteiger partial charge in [0.25, 0.3) is 5.91 Å². The summed E-state index contributed by atoms with van der Waals surface area (Å²) in [4.78, 5) is 20.1. The molecule has 116 valence electrons. The third-order valence-electron chi connectivity index (χ3n) is 4.01. The second-order valence-electron chi connectivity index (χ2n) is 5.88. The number of carbonyl (C=O) groups excluding carboxylic acids is 1. The number of hydrogen-bond donors (Lipinski definition) is 3. The standard InChI is InChI=1S/C17H17N5O/c18-15(23)14-9-19-17(22-16(14)20-12-6-7-12)21-13-5-4-10-2-1-3-11(10)8-13/h1,3-5,8-9,12H,2,6-7H2,(H2,18,23)(H2,19,20,21,22). The number of hydrogen-bond acceptors (Lipinski definition) is 5. The fourth-order valence-corrected chi connectivity index (χ4v) is 2.61. The molecule has 0 unspecified atom stereocenters.